The third-order valence-corrected chi connectivity index (χ3v) is 8.74. The number of rotatable bonds is 8. The molecule has 0 heterocycles. The molecule has 0 unspecified atom stereocenters. The van der Waals surface area contributed by atoms with Crippen molar-refractivity contribution in [2.45, 2.75) is 69.3 Å². The zero-order valence-corrected chi connectivity index (χ0v) is 13.0. The van der Waals surface area contributed by atoms with Gasteiger partial charge in [0, 0.05) is 6.42 Å². The van der Waals surface area contributed by atoms with Crippen LogP contribution < -0.4 is 0 Å². The summed E-state index contributed by atoms with van der Waals surface area (Å²) in [4.78, 5) is 0. The second-order valence-corrected chi connectivity index (χ2v) is 11.1. The van der Waals surface area contributed by atoms with Crippen molar-refractivity contribution in [3.05, 3.63) is 0 Å². The Labute approximate surface area is 119 Å². The van der Waals surface area contributed by atoms with Crippen LogP contribution in [0.5, 0.6) is 0 Å². The van der Waals surface area contributed by atoms with Gasteiger partial charge in [0.2, 0.25) is 0 Å². The van der Waals surface area contributed by atoms with Crippen LogP contribution in [0.1, 0.15) is 33.1 Å². The quantitative estimate of drug-likeness (QED) is 0.278. The Kier molecular flexibility index (Phi) is 6.86. The Bertz CT molecular complexity index is 298. The lowest BCUT2D eigenvalue weighted by molar-refractivity contribution is -0.354. The summed E-state index contributed by atoms with van der Waals surface area (Å²) >= 11 is 6.19. The summed E-state index contributed by atoms with van der Waals surface area (Å²) < 4.78 is 87.9. The standard InChI is InChI=1S/C11H18ClF7Si/c1-3-6-20(12,7-4-2)8-5-9(13,14)10(15,16)11(17,18)19/h3-8H2,1-2H3. The molecule has 0 radical (unpaired) electrons. The van der Waals surface area contributed by atoms with E-state index in [4.69, 9.17) is 11.1 Å². The van der Waals surface area contributed by atoms with Crippen LogP contribution in [-0.4, -0.2) is 25.4 Å². The zero-order valence-electron chi connectivity index (χ0n) is 11.3. The fraction of sp³-hybridized carbons (Fsp3) is 1.00. The van der Waals surface area contributed by atoms with Gasteiger partial charge in [0.05, 0.1) is 0 Å². The molecule has 0 nitrogen and oxygen atoms in total. The lowest BCUT2D eigenvalue weighted by Crippen LogP contribution is -2.52. The fourth-order valence-corrected chi connectivity index (χ4v) is 6.74. The van der Waals surface area contributed by atoms with E-state index in [1.165, 1.54) is 0 Å². The minimum absolute atomic E-state index is 0.427. The first-order chi connectivity index (χ1) is 8.83. The van der Waals surface area contributed by atoms with Crippen molar-refractivity contribution >= 4 is 18.5 Å². The SMILES string of the molecule is CCC[Si](Cl)(CCC)CCC(F)(F)C(F)(F)C(F)(F)F. The van der Waals surface area contributed by atoms with Crippen molar-refractivity contribution in [2.24, 2.45) is 0 Å². The normalized spacial score (nSPS) is 14.7. The van der Waals surface area contributed by atoms with E-state index in [0.29, 0.717) is 24.9 Å². The van der Waals surface area contributed by atoms with Crippen molar-refractivity contribution in [1.29, 1.82) is 0 Å². The Morgan fingerprint density at radius 2 is 1.20 bits per heavy atom. The molecule has 0 aromatic carbocycles. The molecule has 0 aromatic heterocycles. The van der Waals surface area contributed by atoms with E-state index in [9.17, 15) is 30.7 Å². The van der Waals surface area contributed by atoms with Gasteiger partial charge in [0.15, 0.2) is 7.38 Å². The molecule has 0 saturated carbocycles. The first kappa shape index (κ1) is 20.0. The monoisotopic (exact) mass is 346 g/mol. The Hall–Kier alpha value is 0.0169. The average Bonchev–Trinajstić information content (AvgIpc) is 2.25. The van der Waals surface area contributed by atoms with Gasteiger partial charge in [-0.1, -0.05) is 26.7 Å². The summed E-state index contributed by atoms with van der Waals surface area (Å²) in [5.41, 5.74) is 0. The van der Waals surface area contributed by atoms with E-state index in [0.717, 1.165) is 0 Å². The summed E-state index contributed by atoms with van der Waals surface area (Å²) in [6.07, 6.45) is -6.61. The molecule has 0 aliphatic rings. The van der Waals surface area contributed by atoms with Crippen molar-refractivity contribution < 1.29 is 30.7 Å². The van der Waals surface area contributed by atoms with Crippen molar-refractivity contribution in [3.8, 4) is 0 Å². The van der Waals surface area contributed by atoms with Gasteiger partial charge in [-0.15, -0.1) is 0 Å². The van der Waals surface area contributed by atoms with Gasteiger partial charge in [0.1, 0.15) is 0 Å². The molecule has 0 bridgehead atoms. The van der Waals surface area contributed by atoms with Crippen LogP contribution in [0.2, 0.25) is 18.1 Å². The summed E-state index contributed by atoms with van der Waals surface area (Å²) in [5, 5.41) is 0. The number of hydrogen-bond donors (Lipinski definition) is 0. The second-order valence-electron chi connectivity index (χ2n) is 4.93. The summed E-state index contributed by atoms with van der Waals surface area (Å²) in [7, 11) is -2.71. The highest BCUT2D eigenvalue weighted by atomic mass is 35.6. The van der Waals surface area contributed by atoms with E-state index in [1.54, 1.807) is 13.8 Å². The van der Waals surface area contributed by atoms with Crippen LogP contribution in [-0.2, 0) is 0 Å². The molecular weight excluding hydrogens is 329 g/mol. The highest BCUT2D eigenvalue weighted by Crippen LogP contribution is 2.49. The molecule has 0 spiro atoms. The third kappa shape index (κ3) is 4.79. The lowest BCUT2D eigenvalue weighted by atomic mass is 10.1. The van der Waals surface area contributed by atoms with E-state index in [1.807, 2.05) is 0 Å². The number of halogens is 8. The minimum Gasteiger partial charge on any atom is -0.200 e. The molecule has 0 aliphatic heterocycles. The van der Waals surface area contributed by atoms with Gasteiger partial charge in [-0.2, -0.15) is 41.8 Å². The largest absolute Gasteiger partial charge is 0.459 e. The average molecular weight is 347 g/mol. The molecule has 0 saturated heterocycles. The van der Waals surface area contributed by atoms with Gasteiger partial charge in [-0.3, -0.25) is 0 Å². The summed E-state index contributed by atoms with van der Waals surface area (Å²) in [5.74, 6) is -11.1. The second kappa shape index (κ2) is 6.85. The van der Waals surface area contributed by atoms with Gasteiger partial charge >= 0.3 is 18.0 Å². The number of hydrogen-bond acceptors (Lipinski definition) is 0. The van der Waals surface area contributed by atoms with Crippen molar-refractivity contribution in [2.75, 3.05) is 0 Å². The predicted octanol–water partition coefficient (Wildman–Crippen LogP) is 6.21. The molecule has 0 amide bonds. The van der Waals surface area contributed by atoms with Crippen LogP contribution in [0.15, 0.2) is 0 Å². The molecule has 9 heteroatoms. The Balaban J connectivity index is 4.93. The molecular formula is C11H18ClF7Si. The predicted molar refractivity (Wildman–Crippen MR) is 67.2 cm³/mol. The molecule has 0 aromatic rings. The van der Waals surface area contributed by atoms with Gasteiger partial charge in [0.25, 0.3) is 0 Å². The topological polar surface area (TPSA) is 0 Å². The zero-order chi connectivity index (χ0) is 16.2. The van der Waals surface area contributed by atoms with Crippen LogP contribution in [0, 0.1) is 0 Å². The van der Waals surface area contributed by atoms with E-state index in [2.05, 4.69) is 0 Å². The fourth-order valence-electron chi connectivity index (χ4n) is 2.02. The maximum absolute atomic E-state index is 13.2. The van der Waals surface area contributed by atoms with E-state index in [-0.39, 0.29) is 0 Å². The molecule has 0 fully saturated rings. The van der Waals surface area contributed by atoms with Crippen LogP contribution in [0.25, 0.3) is 0 Å². The molecule has 0 N–H and O–H groups in total. The number of alkyl halides is 7. The minimum atomic E-state index is -6.26. The van der Waals surface area contributed by atoms with Crippen LogP contribution >= 0.6 is 11.1 Å². The smallest absolute Gasteiger partial charge is 0.200 e. The highest BCUT2D eigenvalue weighted by Gasteiger charge is 2.72. The first-order valence-electron chi connectivity index (χ1n) is 6.34. The summed E-state index contributed by atoms with van der Waals surface area (Å²) in [6, 6.07) is 0.404. The van der Waals surface area contributed by atoms with Crippen LogP contribution in [0.4, 0.5) is 30.7 Å². The van der Waals surface area contributed by atoms with Crippen molar-refractivity contribution in [3.63, 3.8) is 0 Å². The maximum atomic E-state index is 13.2. The van der Waals surface area contributed by atoms with Gasteiger partial charge in [-0.05, 0) is 18.1 Å². The molecule has 0 atom stereocenters. The maximum Gasteiger partial charge on any atom is 0.459 e. The molecule has 0 rings (SSSR count). The molecule has 122 valence electrons. The van der Waals surface area contributed by atoms with E-state index < -0.39 is 37.9 Å². The van der Waals surface area contributed by atoms with Gasteiger partial charge < -0.3 is 0 Å². The highest BCUT2D eigenvalue weighted by molar-refractivity contribution is 7.20. The molecule has 20 heavy (non-hydrogen) atoms. The Morgan fingerprint density at radius 1 is 0.800 bits per heavy atom. The molecule has 0 aliphatic carbocycles. The van der Waals surface area contributed by atoms with E-state index >= 15 is 0 Å². The Morgan fingerprint density at radius 3 is 1.50 bits per heavy atom. The third-order valence-electron chi connectivity index (χ3n) is 3.10. The lowest BCUT2D eigenvalue weighted by Gasteiger charge is -2.31. The van der Waals surface area contributed by atoms with Gasteiger partial charge in [-0.25, -0.2) is 0 Å². The van der Waals surface area contributed by atoms with Crippen molar-refractivity contribution in [1.82, 2.24) is 0 Å². The first-order valence-corrected chi connectivity index (χ1v) is 9.97. The van der Waals surface area contributed by atoms with Crippen LogP contribution in [0.3, 0.4) is 0 Å². The summed E-state index contributed by atoms with van der Waals surface area (Å²) in [6.45, 7) is 3.53.